The van der Waals surface area contributed by atoms with Crippen LogP contribution in [0.1, 0.15) is 44.6 Å². The van der Waals surface area contributed by atoms with Crippen LogP contribution in [0.15, 0.2) is 66.9 Å². The number of nitrogens with one attached hydrogen (secondary N) is 1. The van der Waals surface area contributed by atoms with Crippen LogP contribution in [0.3, 0.4) is 0 Å². The largest absolute Gasteiger partial charge is 0.387 e. The number of imidazole rings is 1. The lowest BCUT2D eigenvalue weighted by Crippen LogP contribution is -2.48. The standard InChI is InChI=1S/C33H38F2N6O5/c1-33(2,3)30(41(29(45)20-42)15-13-25(36)32(46)37-14-16-40-27(43)11-12-28(40)44)31-38-26(23-17-22(34)9-10-24(23)35)19-39(31)18-21-7-5-4-6-8-21/h4-12,17,19,25,30,42H,13-16,18,20,36H2,1-3H3,(H,37,46)/t25-,30-/m0/s1. The zero-order valence-electron chi connectivity index (χ0n) is 26.0. The number of rotatable bonds is 13. The second-order valence-corrected chi connectivity index (χ2v) is 12.1. The number of aliphatic hydroxyl groups excluding tert-OH is 1. The highest BCUT2D eigenvalue weighted by Gasteiger charge is 2.38. The fraction of sp³-hybridized carbons (Fsp3) is 0.364. The van der Waals surface area contributed by atoms with Crippen molar-refractivity contribution < 1.29 is 33.1 Å². The molecule has 0 saturated carbocycles. The molecule has 0 fully saturated rings. The van der Waals surface area contributed by atoms with Crippen LogP contribution < -0.4 is 11.1 Å². The first-order valence-electron chi connectivity index (χ1n) is 14.8. The van der Waals surface area contributed by atoms with Crippen molar-refractivity contribution in [3.8, 4) is 11.3 Å². The molecule has 0 radical (unpaired) electrons. The smallest absolute Gasteiger partial charge is 0.253 e. The van der Waals surface area contributed by atoms with Gasteiger partial charge in [0.2, 0.25) is 11.8 Å². The number of hydrogen-bond acceptors (Lipinski definition) is 7. The van der Waals surface area contributed by atoms with Gasteiger partial charge in [0.1, 0.15) is 24.1 Å². The highest BCUT2D eigenvalue weighted by molar-refractivity contribution is 6.12. The van der Waals surface area contributed by atoms with Crippen LogP contribution in [-0.4, -0.2) is 80.4 Å². The van der Waals surface area contributed by atoms with Gasteiger partial charge in [0.15, 0.2) is 0 Å². The molecule has 1 aliphatic heterocycles. The minimum Gasteiger partial charge on any atom is -0.387 e. The summed E-state index contributed by atoms with van der Waals surface area (Å²) in [4.78, 5) is 56.7. The molecular formula is C33H38F2N6O5. The molecule has 0 aliphatic carbocycles. The Morgan fingerprint density at radius 3 is 2.37 bits per heavy atom. The Hall–Kier alpha value is -4.75. The van der Waals surface area contributed by atoms with Crippen LogP contribution in [-0.2, 0) is 25.7 Å². The van der Waals surface area contributed by atoms with Gasteiger partial charge < -0.3 is 25.6 Å². The molecule has 1 aliphatic rings. The molecule has 1 aromatic heterocycles. The lowest BCUT2D eigenvalue weighted by atomic mass is 9.84. The first kappa shape index (κ1) is 34.1. The number of imide groups is 1. The number of nitrogens with two attached hydrogens (primary N) is 1. The van der Waals surface area contributed by atoms with Gasteiger partial charge in [-0.3, -0.25) is 24.1 Å². The summed E-state index contributed by atoms with van der Waals surface area (Å²) in [7, 11) is 0. The Balaban J connectivity index is 1.62. The van der Waals surface area contributed by atoms with E-state index in [2.05, 4.69) is 5.32 Å². The summed E-state index contributed by atoms with van der Waals surface area (Å²) in [5, 5.41) is 12.6. The molecule has 2 aromatic carbocycles. The third-order valence-corrected chi connectivity index (χ3v) is 7.59. The van der Waals surface area contributed by atoms with Crippen molar-refractivity contribution in [1.29, 1.82) is 0 Å². The number of aliphatic hydroxyl groups is 1. The second-order valence-electron chi connectivity index (χ2n) is 12.1. The number of carbonyl (C=O) groups excluding carboxylic acids is 4. The molecule has 2 heterocycles. The van der Waals surface area contributed by atoms with E-state index in [-0.39, 0.29) is 37.3 Å². The normalized spacial score (nSPS) is 14.5. The Kier molecular flexibility index (Phi) is 10.8. The van der Waals surface area contributed by atoms with Crippen molar-refractivity contribution in [3.05, 3.63) is 89.9 Å². The fourth-order valence-corrected chi connectivity index (χ4v) is 5.34. The highest BCUT2D eigenvalue weighted by atomic mass is 19.1. The second kappa shape index (κ2) is 14.6. The number of aromatic nitrogens is 2. The number of nitrogens with zero attached hydrogens (tertiary/aromatic N) is 4. The van der Waals surface area contributed by atoms with Gasteiger partial charge in [0.05, 0.1) is 17.8 Å². The summed E-state index contributed by atoms with van der Waals surface area (Å²) in [5.41, 5.74) is 6.49. The Morgan fingerprint density at radius 1 is 1.07 bits per heavy atom. The van der Waals surface area contributed by atoms with Gasteiger partial charge in [0.25, 0.3) is 11.8 Å². The number of hydrogen-bond donors (Lipinski definition) is 3. The SMILES string of the molecule is CC(C)(C)[C@H](c1nc(-c2cc(F)ccc2F)cn1Cc1ccccc1)N(CC[C@H](N)C(=O)NCCN1C(=O)C=CC1=O)C(=O)CO. The number of amides is 4. The average Bonchev–Trinajstić information content (AvgIpc) is 3.57. The molecule has 3 aromatic rings. The van der Waals surface area contributed by atoms with Crippen LogP contribution in [0.5, 0.6) is 0 Å². The number of halogens is 2. The lowest BCUT2D eigenvalue weighted by molar-refractivity contribution is -0.140. The van der Waals surface area contributed by atoms with Crippen LogP contribution in [0.25, 0.3) is 11.3 Å². The van der Waals surface area contributed by atoms with Crippen molar-refractivity contribution in [2.24, 2.45) is 11.1 Å². The van der Waals surface area contributed by atoms with Crippen molar-refractivity contribution in [2.75, 3.05) is 26.2 Å². The predicted molar refractivity (Wildman–Crippen MR) is 166 cm³/mol. The van der Waals surface area contributed by atoms with E-state index in [1.54, 1.807) is 10.8 Å². The summed E-state index contributed by atoms with van der Waals surface area (Å²) in [6, 6.07) is 10.6. The van der Waals surface area contributed by atoms with Crippen molar-refractivity contribution in [3.63, 3.8) is 0 Å². The van der Waals surface area contributed by atoms with Crippen LogP contribution in [0.4, 0.5) is 8.78 Å². The monoisotopic (exact) mass is 636 g/mol. The van der Waals surface area contributed by atoms with Crippen molar-refractivity contribution >= 4 is 23.6 Å². The van der Waals surface area contributed by atoms with E-state index in [0.717, 1.165) is 40.8 Å². The molecule has 2 atom stereocenters. The van der Waals surface area contributed by atoms with E-state index < -0.39 is 59.4 Å². The molecule has 4 N–H and O–H groups in total. The summed E-state index contributed by atoms with van der Waals surface area (Å²) < 4.78 is 30.8. The van der Waals surface area contributed by atoms with Gasteiger partial charge in [-0.1, -0.05) is 51.1 Å². The van der Waals surface area contributed by atoms with Crippen LogP contribution >= 0.6 is 0 Å². The predicted octanol–water partition coefficient (Wildman–Crippen LogP) is 2.54. The molecular weight excluding hydrogens is 598 g/mol. The van der Waals surface area contributed by atoms with Crippen molar-refractivity contribution in [2.45, 2.75) is 45.8 Å². The lowest BCUT2D eigenvalue weighted by Gasteiger charge is -2.40. The van der Waals surface area contributed by atoms with Gasteiger partial charge >= 0.3 is 0 Å². The van der Waals surface area contributed by atoms with Gasteiger partial charge in [-0.2, -0.15) is 0 Å². The molecule has 11 nitrogen and oxygen atoms in total. The minimum atomic E-state index is -1.07. The first-order chi connectivity index (χ1) is 21.8. The molecule has 244 valence electrons. The molecule has 0 bridgehead atoms. The van der Waals surface area contributed by atoms with Gasteiger partial charge in [-0.25, -0.2) is 13.8 Å². The molecule has 46 heavy (non-hydrogen) atoms. The van der Waals surface area contributed by atoms with Gasteiger partial charge in [0, 0.05) is 50.1 Å². The maximum atomic E-state index is 14.9. The zero-order valence-corrected chi connectivity index (χ0v) is 26.0. The van der Waals surface area contributed by atoms with Gasteiger partial charge in [-0.15, -0.1) is 0 Å². The number of benzene rings is 2. The highest BCUT2D eigenvalue weighted by Crippen LogP contribution is 2.39. The molecule has 4 amide bonds. The van der Waals surface area contributed by atoms with E-state index in [0.29, 0.717) is 12.4 Å². The Labute approximate surface area is 265 Å². The molecule has 0 saturated heterocycles. The molecule has 0 spiro atoms. The fourth-order valence-electron chi connectivity index (χ4n) is 5.34. The van der Waals surface area contributed by atoms with Crippen LogP contribution in [0.2, 0.25) is 0 Å². The Morgan fingerprint density at radius 2 is 1.74 bits per heavy atom. The third-order valence-electron chi connectivity index (χ3n) is 7.59. The van der Waals surface area contributed by atoms with E-state index in [4.69, 9.17) is 10.7 Å². The summed E-state index contributed by atoms with van der Waals surface area (Å²) in [5.74, 6) is -3.07. The maximum Gasteiger partial charge on any atom is 0.253 e. The van der Waals surface area contributed by atoms with Crippen LogP contribution in [0, 0.1) is 17.0 Å². The molecule has 4 rings (SSSR count). The molecule has 0 unspecified atom stereocenters. The van der Waals surface area contributed by atoms with Gasteiger partial charge in [-0.05, 0) is 35.6 Å². The Bertz CT molecular complexity index is 1600. The number of carbonyl (C=O) groups is 4. The van der Waals surface area contributed by atoms with E-state index >= 15 is 0 Å². The first-order valence-corrected chi connectivity index (χ1v) is 14.8. The topological polar surface area (TPSA) is 151 Å². The van der Waals surface area contributed by atoms with E-state index in [9.17, 15) is 33.1 Å². The average molecular weight is 637 g/mol. The van der Waals surface area contributed by atoms with E-state index in [1.165, 1.54) is 4.90 Å². The summed E-state index contributed by atoms with van der Waals surface area (Å²) in [6.45, 7) is 5.02. The minimum absolute atomic E-state index is 0.00192. The third kappa shape index (κ3) is 8.09. The van der Waals surface area contributed by atoms with E-state index in [1.807, 2.05) is 51.1 Å². The molecule has 13 heteroatoms. The maximum absolute atomic E-state index is 14.9. The summed E-state index contributed by atoms with van der Waals surface area (Å²) in [6.07, 6.45) is 3.90. The quantitative estimate of drug-likeness (QED) is 0.244. The zero-order chi connectivity index (χ0) is 33.6. The summed E-state index contributed by atoms with van der Waals surface area (Å²) >= 11 is 0. The van der Waals surface area contributed by atoms with Crippen molar-refractivity contribution in [1.82, 2.24) is 24.7 Å².